The molecule has 1 fully saturated rings. The first-order valence-electron chi connectivity index (χ1n) is 10.8. The predicted octanol–water partition coefficient (Wildman–Crippen LogP) is 2.10. The van der Waals surface area contributed by atoms with Crippen LogP contribution < -0.4 is 5.48 Å². The first-order chi connectivity index (χ1) is 16.5. The second-order valence-corrected chi connectivity index (χ2v) is 11.4. The van der Waals surface area contributed by atoms with E-state index in [-0.39, 0.29) is 31.7 Å². The summed E-state index contributed by atoms with van der Waals surface area (Å²) in [5, 5.41) is 20.0. The molecular formula is C25H25FN2O6S. The van der Waals surface area contributed by atoms with Crippen molar-refractivity contribution in [1.29, 1.82) is 0 Å². The molecule has 0 unspecified atom stereocenters. The Morgan fingerprint density at radius 1 is 1.23 bits per heavy atom. The quantitative estimate of drug-likeness (QED) is 0.271. The van der Waals surface area contributed by atoms with Crippen molar-refractivity contribution in [3.63, 3.8) is 0 Å². The van der Waals surface area contributed by atoms with Gasteiger partial charge in [0.1, 0.15) is 11.4 Å². The molecular weight excluding hydrogens is 475 g/mol. The average molecular weight is 501 g/mol. The summed E-state index contributed by atoms with van der Waals surface area (Å²) in [6.07, 6.45) is 2.48. The number of halogens is 1. The molecule has 1 atom stereocenters. The molecule has 3 aromatic rings. The number of nitrogens with zero attached hydrogens (tertiary/aromatic N) is 1. The van der Waals surface area contributed by atoms with Crippen LogP contribution in [0.2, 0.25) is 0 Å². The minimum absolute atomic E-state index is 0.106. The van der Waals surface area contributed by atoms with Crippen molar-refractivity contribution in [2.75, 3.05) is 19.5 Å². The molecule has 0 saturated carbocycles. The van der Waals surface area contributed by atoms with Gasteiger partial charge in [-0.05, 0) is 49.2 Å². The van der Waals surface area contributed by atoms with E-state index in [4.69, 9.17) is 9.94 Å². The van der Waals surface area contributed by atoms with E-state index >= 15 is 0 Å². The lowest BCUT2D eigenvalue weighted by molar-refractivity contribution is -0.184. The van der Waals surface area contributed by atoms with Gasteiger partial charge in [0.05, 0.1) is 24.3 Å². The number of carbonyl (C=O) groups is 1. The molecule has 0 aliphatic carbocycles. The maximum Gasteiger partial charge on any atom is 0.264 e. The number of hydrogen-bond donors (Lipinski definition) is 3. The summed E-state index contributed by atoms with van der Waals surface area (Å²) in [6, 6.07) is 11.7. The van der Waals surface area contributed by atoms with E-state index in [1.807, 2.05) is 0 Å². The van der Waals surface area contributed by atoms with Gasteiger partial charge in [-0.3, -0.25) is 10.0 Å². The molecule has 8 nitrogen and oxygen atoms in total. The van der Waals surface area contributed by atoms with Crippen molar-refractivity contribution in [3.8, 4) is 11.8 Å². The number of sulfone groups is 1. The van der Waals surface area contributed by atoms with Gasteiger partial charge in [0.15, 0.2) is 14.6 Å². The van der Waals surface area contributed by atoms with Crippen molar-refractivity contribution in [2.24, 2.45) is 0 Å². The molecule has 184 valence electrons. The zero-order valence-electron chi connectivity index (χ0n) is 19.2. The fraction of sp³-hybridized carbons (Fsp3) is 0.320. The van der Waals surface area contributed by atoms with Crippen LogP contribution in [0.4, 0.5) is 4.39 Å². The Hall–Kier alpha value is -3.23. The lowest BCUT2D eigenvalue weighted by atomic mass is 9.91. The van der Waals surface area contributed by atoms with E-state index in [9.17, 15) is 22.7 Å². The van der Waals surface area contributed by atoms with Gasteiger partial charge in [-0.15, -0.1) is 0 Å². The molecule has 3 N–H and O–H groups in total. The van der Waals surface area contributed by atoms with E-state index in [2.05, 4.69) is 11.8 Å². The summed E-state index contributed by atoms with van der Waals surface area (Å²) in [5.41, 5.74) is 2.59. The highest BCUT2D eigenvalue weighted by Crippen LogP contribution is 2.29. The van der Waals surface area contributed by atoms with E-state index < -0.39 is 31.9 Å². The van der Waals surface area contributed by atoms with E-state index in [1.54, 1.807) is 47.2 Å². The normalized spacial score (nSPS) is 16.6. The van der Waals surface area contributed by atoms with Gasteiger partial charge in [0.2, 0.25) is 0 Å². The molecule has 0 spiro atoms. The lowest BCUT2D eigenvalue weighted by Gasteiger charge is -2.36. The Morgan fingerprint density at radius 2 is 1.91 bits per heavy atom. The van der Waals surface area contributed by atoms with Crippen LogP contribution in [-0.4, -0.2) is 53.4 Å². The third-order valence-corrected chi connectivity index (χ3v) is 8.56. The van der Waals surface area contributed by atoms with E-state index in [1.165, 1.54) is 18.5 Å². The Labute approximate surface area is 202 Å². The standard InChI is InChI=1S/C25H25FN2O6S/c1-24(23(29)27-31,35(2,32)33)10-12-28-11-9-19-13-18(21(26)14-22(19)28)6-3-17-4-7-20(8-5-17)25(30)15-34-16-25/h4-5,7-9,11,13-14,30-31H,10,12,15-16H2,1-2H3,(H,27,29)/t24-/m0/s1. The third-order valence-electron chi connectivity index (χ3n) is 6.54. The number of fused-ring (bicyclic) bond motifs is 1. The van der Waals surface area contributed by atoms with E-state index in [0.29, 0.717) is 16.5 Å². The summed E-state index contributed by atoms with van der Waals surface area (Å²) < 4.78 is 44.1. The van der Waals surface area contributed by atoms with Gasteiger partial charge >= 0.3 is 0 Å². The van der Waals surface area contributed by atoms with Gasteiger partial charge in [0, 0.05) is 29.9 Å². The fourth-order valence-corrected chi connectivity index (χ4v) is 4.73. The summed E-state index contributed by atoms with van der Waals surface area (Å²) in [4.78, 5) is 12.0. The predicted molar refractivity (Wildman–Crippen MR) is 127 cm³/mol. The highest BCUT2D eigenvalue weighted by Gasteiger charge is 2.43. The number of aliphatic hydroxyl groups is 1. The second kappa shape index (κ2) is 9.09. The minimum atomic E-state index is -3.84. The number of aryl methyl sites for hydroxylation is 1. The Morgan fingerprint density at radius 3 is 2.49 bits per heavy atom. The molecule has 1 aliphatic rings. The maximum atomic E-state index is 14.8. The summed E-state index contributed by atoms with van der Waals surface area (Å²) >= 11 is 0. The summed E-state index contributed by atoms with van der Waals surface area (Å²) in [6.45, 7) is 1.85. The van der Waals surface area contributed by atoms with Crippen LogP contribution in [0, 0.1) is 17.7 Å². The number of rotatable bonds is 6. The Bertz CT molecular complexity index is 1450. The highest BCUT2D eigenvalue weighted by atomic mass is 32.2. The van der Waals surface area contributed by atoms with E-state index in [0.717, 1.165) is 11.8 Å². The number of nitrogens with one attached hydrogen (secondary N) is 1. The molecule has 2 heterocycles. The molecule has 1 saturated heterocycles. The van der Waals surface area contributed by atoms with Crippen LogP contribution >= 0.6 is 0 Å². The molecule has 1 aromatic heterocycles. The molecule has 4 rings (SSSR count). The number of ether oxygens (including phenoxy) is 1. The number of hydrogen-bond acceptors (Lipinski definition) is 6. The Kier molecular flexibility index (Phi) is 6.46. The Balaban J connectivity index is 1.55. The number of hydroxylamine groups is 1. The first-order valence-corrected chi connectivity index (χ1v) is 12.7. The second-order valence-electron chi connectivity index (χ2n) is 8.95. The van der Waals surface area contributed by atoms with Crippen molar-refractivity contribution in [3.05, 3.63) is 71.2 Å². The molecule has 0 radical (unpaired) electrons. The number of benzene rings is 2. The number of amides is 1. The molecule has 0 bridgehead atoms. The first kappa shape index (κ1) is 24.9. The maximum absolute atomic E-state index is 14.8. The van der Waals surface area contributed by atoms with Gasteiger partial charge in [0.25, 0.3) is 5.91 Å². The molecule has 1 aliphatic heterocycles. The minimum Gasteiger partial charge on any atom is -0.380 e. The average Bonchev–Trinajstić information content (AvgIpc) is 3.19. The number of aromatic nitrogens is 1. The summed E-state index contributed by atoms with van der Waals surface area (Å²) in [5.74, 6) is 4.19. The van der Waals surface area contributed by atoms with Crippen LogP contribution in [0.25, 0.3) is 10.9 Å². The van der Waals surface area contributed by atoms with Crippen LogP contribution in [-0.2, 0) is 31.5 Å². The SMILES string of the molecule is C[C@](CCn1ccc2cc(C#Cc3ccc(C4(O)COC4)cc3)c(F)cc21)(C(=O)NO)S(C)(=O)=O. The summed E-state index contributed by atoms with van der Waals surface area (Å²) in [7, 11) is -3.84. The van der Waals surface area contributed by atoms with Crippen LogP contribution in [0.1, 0.15) is 30.0 Å². The molecule has 35 heavy (non-hydrogen) atoms. The van der Waals surface area contributed by atoms with Gasteiger partial charge in [-0.1, -0.05) is 24.0 Å². The lowest BCUT2D eigenvalue weighted by Crippen LogP contribution is -2.49. The van der Waals surface area contributed by atoms with Gasteiger partial charge in [-0.2, -0.15) is 0 Å². The number of carbonyl (C=O) groups excluding carboxylic acids is 1. The third kappa shape index (κ3) is 4.68. The molecule has 1 amide bonds. The monoisotopic (exact) mass is 500 g/mol. The van der Waals surface area contributed by atoms with Crippen molar-refractivity contribution in [2.45, 2.75) is 30.2 Å². The van der Waals surface area contributed by atoms with Crippen LogP contribution in [0.15, 0.2) is 48.7 Å². The zero-order chi connectivity index (χ0) is 25.4. The highest BCUT2D eigenvalue weighted by molar-refractivity contribution is 7.92. The zero-order valence-corrected chi connectivity index (χ0v) is 20.0. The largest absolute Gasteiger partial charge is 0.380 e. The van der Waals surface area contributed by atoms with Crippen molar-refractivity contribution >= 4 is 26.6 Å². The fourth-order valence-electron chi connectivity index (χ4n) is 3.89. The topological polar surface area (TPSA) is 118 Å². The van der Waals surface area contributed by atoms with Gasteiger partial charge < -0.3 is 14.4 Å². The smallest absolute Gasteiger partial charge is 0.264 e. The van der Waals surface area contributed by atoms with Gasteiger partial charge in [-0.25, -0.2) is 18.3 Å². The van der Waals surface area contributed by atoms with Crippen LogP contribution in [0.5, 0.6) is 0 Å². The molecule has 2 aromatic carbocycles. The van der Waals surface area contributed by atoms with Crippen LogP contribution in [0.3, 0.4) is 0 Å². The molecule has 10 heteroatoms. The van der Waals surface area contributed by atoms with Crippen molar-refractivity contribution < 1.29 is 32.7 Å². The van der Waals surface area contributed by atoms with Crippen molar-refractivity contribution in [1.82, 2.24) is 10.0 Å².